The van der Waals surface area contributed by atoms with E-state index in [0.717, 1.165) is 12.8 Å². The van der Waals surface area contributed by atoms with E-state index < -0.39 is 17.7 Å². The van der Waals surface area contributed by atoms with Crippen molar-refractivity contribution in [1.29, 1.82) is 0 Å². The summed E-state index contributed by atoms with van der Waals surface area (Å²) in [4.78, 5) is 27.8. The van der Waals surface area contributed by atoms with Crippen LogP contribution in [0.15, 0.2) is 48.0 Å². The van der Waals surface area contributed by atoms with E-state index in [1.807, 2.05) is 0 Å². The summed E-state index contributed by atoms with van der Waals surface area (Å²) in [5, 5.41) is 11.2. The molecule has 2 aliphatic heterocycles. The lowest BCUT2D eigenvalue weighted by Crippen LogP contribution is -2.36. The van der Waals surface area contributed by atoms with Crippen molar-refractivity contribution >= 4 is 17.4 Å². The molecule has 2 fully saturated rings. The number of ether oxygens (including phenoxy) is 4. The highest BCUT2D eigenvalue weighted by molar-refractivity contribution is 6.46. The first-order chi connectivity index (χ1) is 16.0. The fourth-order valence-corrected chi connectivity index (χ4v) is 4.36. The second-order valence-corrected chi connectivity index (χ2v) is 7.92. The number of aliphatic hydroxyl groups is 1. The number of amides is 1. The van der Waals surface area contributed by atoms with E-state index in [1.54, 1.807) is 49.6 Å². The van der Waals surface area contributed by atoms with Crippen molar-refractivity contribution in [2.45, 2.75) is 25.0 Å². The van der Waals surface area contributed by atoms with Gasteiger partial charge in [0.25, 0.3) is 11.7 Å². The average Bonchev–Trinajstić information content (AvgIpc) is 3.45. The molecule has 8 heteroatoms. The normalized spacial score (nSPS) is 22.0. The van der Waals surface area contributed by atoms with Crippen LogP contribution in [-0.4, -0.2) is 62.3 Å². The van der Waals surface area contributed by atoms with Crippen LogP contribution in [0.5, 0.6) is 17.2 Å². The largest absolute Gasteiger partial charge is 0.507 e. The molecule has 0 radical (unpaired) electrons. The van der Waals surface area contributed by atoms with E-state index in [2.05, 4.69) is 0 Å². The van der Waals surface area contributed by atoms with Crippen molar-refractivity contribution in [3.63, 3.8) is 0 Å². The van der Waals surface area contributed by atoms with E-state index in [4.69, 9.17) is 18.9 Å². The minimum Gasteiger partial charge on any atom is -0.507 e. The van der Waals surface area contributed by atoms with Gasteiger partial charge in [0.05, 0.1) is 39.0 Å². The Morgan fingerprint density at radius 3 is 2.33 bits per heavy atom. The number of carbonyl (C=O) groups is 2. The first-order valence-corrected chi connectivity index (χ1v) is 10.7. The zero-order valence-corrected chi connectivity index (χ0v) is 18.9. The molecule has 0 saturated carbocycles. The van der Waals surface area contributed by atoms with Gasteiger partial charge in [-0.2, -0.15) is 0 Å². The van der Waals surface area contributed by atoms with Gasteiger partial charge < -0.3 is 29.0 Å². The van der Waals surface area contributed by atoms with Gasteiger partial charge in [-0.25, -0.2) is 0 Å². The standard InChI is InChI=1S/C25H27NO7/c1-30-16-8-6-15(7-9-16)23(27)21-22(19-13-17(31-2)10-11-20(19)32-3)26(25(29)24(21)28)14-18-5-4-12-33-18/h6-11,13,18,22,27H,4-5,12,14H2,1-3H3/b23-21+/t18-,22-/m0/s1. The second kappa shape index (κ2) is 9.54. The Hall–Kier alpha value is -3.52. The van der Waals surface area contributed by atoms with Crippen molar-refractivity contribution < 1.29 is 33.6 Å². The molecule has 0 aliphatic carbocycles. The summed E-state index contributed by atoms with van der Waals surface area (Å²) < 4.78 is 21.8. The smallest absolute Gasteiger partial charge is 0.295 e. The van der Waals surface area contributed by atoms with Crippen LogP contribution in [0.4, 0.5) is 0 Å². The van der Waals surface area contributed by atoms with Gasteiger partial charge in [-0.1, -0.05) is 0 Å². The van der Waals surface area contributed by atoms with Gasteiger partial charge in [-0.3, -0.25) is 9.59 Å². The van der Waals surface area contributed by atoms with Crippen LogP contribution >= 0.6 is 0 Å². The number of methoxy groups -OCH3 is 3. The van der Waals surface area contributed by atoms with Crippen molar-refractivity contribution in [1.82, 2.24) is 4.90 Å². The Morgan fingerprint density at radius 1 is 1.03 bits per heavy atom. The molecule has 0 bridgehead atoms. The summed E-state index contributed by atoms with van der Waals surface area (Å²) in [5.74, 6) is -0.0811. The Kier molecular flexibility index (Phi) is 6.55. The summed E-state index contributed by atoms with van der Waals surface area (Å²) in [6, 6.07) is 11.0. The molecule has 0 unspecified atom stereocenters. The minimum atomic E-state index is -0.860. The van der Waals surface area contributed by atoms with Crippen LogP contribution in [0, 0.1) is 0 Å². The SMILES string of the molecule is COc1ccc(/C(O)=C2\C(=O)C(=O)N(C[C@@H]3CCCO3)[C@H]2c2cc(OC)ccc2OC)cc1. The number of rotatable bonds is 7. The number of hydrogen-bond acceptors (Lipinski definition) is 7. The molecule has 2 aromatic rings. The maximum atomic E-state index is 13.2. The van der Waals surface area contributed by atoms with E-state index >= 15 is 0 Å². The third-order valence-corrected chi connectivity index (χ3v) is 6.06. The van der Waals surface area contributed by atoms with E-state index in [9.17, 15) is 14.7 Å². The van der Waals surface area contributed by atoms with Crippen LogP contribution in [0.3, 0.4) is 0 Å². The lowest BCUT2D eigenvalue weighted by molar-refractivity contribution is -0.140. The zero-order valence-electron chi connectivity index (χ0n) is 18.9. The van der Waals surface area contributed by atoms with Gasteiger partial charge in [0, 0.05) is 24.3 Å². The fraction of sp³-hybridized carbons (Fsp3) is 0.360. The molecule has 2 aliphatic rings. The second-order valence-electron chi connectivity index (χ2n) is 7.92. The Balaban J connectivity index is 1.88. The monoisotopic (exact) mass is 453 g/mol. The van der Waals surface area contributed by atoms with Gasteiger partial charge in [0.1, 0.15) is 23.0 Å². The molecular weight excluding hydrogens is 426 g/mol. The molecular formula is C25H27NO7. The van der Waals surface area contributed by atoms with E-state index in [-0.39, 0.29) is 24.0 Å². The first kappa shape index (κ1) is 22.7. The molecule has 1 N–H and O–H groups in total. The molecule has 4 rings (SSSR count). The molecule has 2 saturated heterocycles. The predicted octanol–water partition coefficient (Wildman–Crippen LogP) is 3.31. The number of ketones is 1. The Labute approximate surface area is 192 Å². The predicted molar refractivity (Wildman–Crippen MR) is 121 cm³/mol. The van der Waals surface area contributed by atoms with Gasteiger partial charge in [0.15, 0.2) is 0 Å². The molecule has 2 atom stereocenters. The minimum absolute atomic E-state index is 0.00489. The molecule has 33 heavy (non-hydrogen) atoms. The number of Topliss-reactive ketones (excluding diaryl/α,β-unsaturated/α-hetero) is 1. The molecule has 0 spiro atoms. The highest BCUT2D eigenvalue weighted by Crippen LogP contribution is 2.44. The molecule has 174 valence electrons. The van der Waals surface area contributed by atoms with Crippen LogP contribution in [0.2, 0.25) is 0 Å². The Morgan fingerprint density at radius 2 is 1.73 bits per heavy atom. The van der Waals surface area contributed by atoms with Crippen LogP contribution in [-0.2, 0) is 14.3 Å². The number of benzene rings is 2. The highest BCUT2D eigenvalue weighted by Gasteiger charge is 2.48. The van der Waals surface area contributed by atoms with Crippen LogP contribution < -0.4 is 14.2 Å². The number of nitrogens with zero attached hydrogens (tertiary/aromatic N) is 1. The summed E-state index contributed by atoms with van der Waals surface area (Å²) in [6.45, 7) is 0.850. The molecule has 2 aromatic carbocycles. The van der Waals surface area contributed by atoms with Crippen molar-refractivity contribution in [2.24, 2.45) is 0 Å². The third kappa shape index (κ3) is 4.26. The maximum absolute atomic E-state index is 13.2. The number of aliphatic hydroxyl groups excluding tert-OH is 1. The number of hydrogen-bond donors (Lipinski definition) is 1. The van der Waals surface area contributed by atoms with Gasteiger partial charge in [-0.05, 0) is 55.3 Å². The van der Waals surface area contributed by atoms with Crippen LogP contribution in [0.1, 0.15) is 30.0 Å². The van der Waals surface area contributed by atoms with Crippen molar-refractivity contribution in [2.75, 3.05) is 34.5 Å². The van der Waals surface area contributed by atoms with E-state index in [1.165, 1.54) is 19.1 Å². The third-order valence-electron chi connectivity index (χ3n) is 6.06. The highest BCUT2D eigenvalue weighted by atomic mass is 16.5. The van der Waals surface area contributed by atoms with Gasteiger partial charge in [0.2, 0.25) is 0 Å². The molecule has 1 amide bonds. The number of likely N-dealkylation sites (tertiary alicyclic amines) is 1. The topological polar surface area (TPSA) is 94.5 Å². The molecule has 8 nitrogen and oxygen atoms in total. The fourth-order valence-electron chi connectivity index (χ4n) is 4.36. The summed E-state index contributed by atoms with van der Waals surface area (Å²) >= 11 is 0. The number of carbonyl (C=O) groups excluding carboxylic acids is 2. The zero-order chi connectivity index (χ0) is 23.5. The van der Waals surface area contributed by atoms with Crippen LogP contribution in [0.25, 0.3) is 5.76 Å². The van der Waals surface area contributed by atoms with E-state index in [0.29, 0.717) is 35.0 Å². The average molecular weight is 453 g/mol. The van der Waals surface area contributed by atoms with Gasteiger partial charge in [-0.15, -0.1) is 0 Å². The van der Waals surface area contributed by atoms with Gasteiger partial charge >= 0.3 is 0 Å². The quantitative estimate of drug-likeness (QED) is 0.390. The van der Waals surface area contributed by atoms with Crippen molar-refractivity contribution in [3.8, 4) is 17.2 Å². The lowest BCUT2D eigenvalue weighted by Gasteiger charge is -2.28. The Bertz CT molecular complexity index is 1070. The molecule has 2 heterocycles. The molecule has 0 aromatic heterocycles. The maximum Gasteiger partial charge on any atom is 0.295 e. The van der Waals surface area contributed by atoms with Crippen molar-refractivity contribution in [3.05, 3.63) is 59.2 Å². The summed E-state index contributed by atoms with van der Waals surface area (Å²) in [5.41, 5.74) is 0.941. The summed E-state index contributed by atoms with van der Waals surface area (Å²) in [6.07, 6.45) is 1.51. The summed E-state index contributed by atoms with van der Waals surface area (Å²) in [7, 11) is 4.59. The lowest BCUT2D eigenvalue weighted by atomic mass is 9.94. The first-order valence-electron chi connectivity index (χ1n) is 10.7.